The van der Waals surface area contributed by atoms with E-state index in [1.165, 1.54) is 36.4 Å². The lowest BCUT2D eigenvalue weighted by atomic mass is 10.3. The molecule has 0 heterocycles. The van der Waals surface area contributed by atoms with Gasteiger partial charge in [-0.1, -0.05) is 36.4 Å². The molecule has 0 radical (unpaired) electrons. The first-order valence-corrected chi connectivity index (χ1v) is 9.75. The lowest BCUT2D eigenvalue weighted by Crippen LogP contribution is -2.03. The topological polar surface area (TPSA) is 58.2 Å². The summed E-state index contributed by atoms with van der Waals surface area (Å²) >= 11 is 0. The molecule has 0 atom stereocenters. The third kappa shape index (κ3) is 6.88. The minimum Gasteiger partial charge on any atom is -0.352 e. The Morgan fingerprint density at radius 2 is 0.781 bits per heavy atom. The molecule has 0 fully saturated rings. The van der Waals surface area contributed by atoms with Crippen molar-refractivity contribution in [1.82, 2.24) is 0 Å². The summed E-state index contributed by atoms with van der Waals surface area (Å²) in [7, 11) is 0. The summed E-state index contributed by atoms with van der Waals surface area (Å²) in [5, 5.41) is 5.88. The van der Waals surface area contributed by atoms with Crippen LogP contribution in [0.3, 0.4) is 0 Å². The number of anilines is 4. The van der Waals surface area contributed by atoms with Crippen molar-refractivity contribution in [2.24, 2.45) is 0 Å². The van der Waals surface area contributed by atoms with Gasteiger partial charge in [0, 0.05) is 11.4 Å². The van der Waals surface area contributed by atoms with Crippen molar-refractivity contribution in [1.29, 1.82) is 0 Å². The highest BCUT2D eigenvalue weighted by Crippen LogP contribution is 2.14. The summed E-state index contributed by atoms with van der Waals surface area (Å²) in [5.74, 6) is -0.599. The van der Waals surface area contributed by atoms with Crippen LogP contribution in [0.1, 0.15) is 0 Å². The molecule has 0 aliphatic heterocycles. The van der Waals surface area contributed by atoms with Crippen LogP contribution in [0.4, 0.5) is 31.5 Å². The molecular weight excluding hydrogens is 410 g/mol. The van der Waals surface area contributed by atoms with Gasteiger partial charge in [-0.25, -0.2) is 8.78 Å². The molecule has 0 saturated heterocycles. The predicted octanol–water partition coefficient (Wildman–Crippen LogP) is 5.86. The first-order valence-electron chi connectivity index (χ1n) is 9.75. The van der Waals surface area contributed by atoms with Crippen molar-refractivity contribution in [2.45, 2.75) is 0 Å². The summed E-state index contributed by atoms with van der Waals surface area (Å²) in [6.45, 7) is 0. The summed E-state index contributed by atoms with van der Waals surface area (Å²) in [4.78, 5) is 23.1. The van der Waals surface area contributed by atoms with Gasteiger partial charge in [-0.05, 0) is 72.8 Å². The summed E-state index contributed by atoms with van der Waals surface area (Å²) in [5.41, 5.74) is 2.10. The maximum Gasteiger partial charge on any atom is 0.201 e. The van der Waals surface area contributed by atoms with Gasteiger partial charge in [0.1, 0.15) is 11.6 Å². The van der Waals surface area contributed by atoms with Gasteiger partial charge in [-0.15, -0.1) is 0 Å². The highest BCUT2D eigenvalue weighted by Gasteiger charge is 1.98. The Balaban J connectivity index is 0.000000181. The molecule has 160 valence electrons. The minimum absolute atomic E-state index is 0.102. The average Bonchev–Trinajstić information content (AvgIpc) is 3.12. The lowest BCUT2D eigenvalue weighted by Gasteiger charge is -2.03. The van der Waals surface area contributed by atoms with Crippen LogP contribution in [-0.2, 0) is 0 Å². The Morgan fingerprint density at radius 3 is 1.16 bits per heavy atom. The molecule has 6 heteroatoms. The van der Waals surface area contributed by atoms with E-state index in [0.29, 0.717) is 22.7 Å². The third-order valence-corrected chi connectivity index (χ3v) is 4.24. The Hall–Kier alpha value is -4.32. The zero-order valence-corrected chi connectivity index (χ0v) is 17.0. The second-order valence-corrected chi connectivity index (χ2v) is 6.64. The maximum atomic E-state index is 12.7. The van der Waals surface area contributed by atoms with E-state index in [4.69, 9.17) is 0 Å². The molecule has 0 bridgehead atoms. The fourth-order valence-corrected chi connectivity index (χ4v) is 2.65. The monoisotopic (exact) mass is 430 g/mol. The fourth-order valence-electron chi connectivity index (χ4n) is 2.65. The van der Waals surface area contributed by atoms with Gasteiger partial charge in [0.15, 0.2) is 0 Å². The van der Waals surface area contributed by atoms with Crippen LogP contribution in [0.15, 0.2) is 119 Å². The van der Waals surface area contributed by atoms with E-state index >= 15 is 0 Å². The van der Waals surface area contributed by atoms with E-state index in [2.05, 4.69) is 10.6 Å². The SMILES string of the molecule is O=c1cccccc1Nc1ccc(F)cc1.O=c1cccccc1Nc1ccc(F)cc1. The van der Waals surface area contributed by atoms with Crippen LogP contribution in [0.2, 0.25) is 0 Å². The van der Waals surface area contributed by atoms with Gasteiger partial charge in [-0.3, -0.25) is 9.59 Å². The molecule has 0 aliphatic rings. The summed E-state index contributed by atoms with van der Waals surface area (Å²) < 4.78 is 25.4. The van der Waals surface area contributed by atoms with Crippen molar-refractivity contribution in [2.75, 3.05) is 10.6 Å². The highest BCUT2D eigenvalue weighted by molar-refractivity contribution is 5.59. The van der Waals surface area contributed by atoms with Crippen molar-refractivity contribution in [3.63, 3.8) is 0 Å². The van der Waals surface area contributed by atoms with Crippen LogP contribution in [0, 0.1) is 11.6 Å². The Morgan fingerprint density at radius 1 is 0.438 bits per heavy atom. The van der Waals surface area contributed by atoms with E-state index in [-0.39, 0.29) is 22.5 Å². The molecule has 0 aliphatic carbocycles. The fraction of sp³-hybridized carbons (Fsp3) is 0. The highest BCUT2D eigenvalue weighted by atomic mass is 19.1. The van der Waals surface area contributed by atoms with Crippen LogP contribution in [0.25, 0.3) is 0 Å². The van der Waals surface area contributed by atoms with Crippen LogP contribution < -0.4 is 21.5 Å². The molecule has 4 nitrogen and oxygen atoms in total. The molecule has 4 aromatic rings. The number of rotatable bonds is 4. The standard InChI is InChI=1S/2C13H10FNO/c2*14-10-6-8-11(9-7-10)15-12-4-2-1-3-5-13(12)16/h2*1-9H,(H,15,16). The molecule has 0 spiro atoms. The van der Waals surface area contributed by atoms with Crippen molar-refractivity contribution < 1.29 is 8.78 Å². The van der Waals surface area contributed by atoms with Crippen molar-refractivity contribution in [3.05, 3.63) is 141 Å². The molecule has 0 unspecified atom stereocenters. The van der Waals surface area contributed by atoms with Gasteiger partial charge in [0.05, 0.1) is 11.4 Å². The molecule has 2 N–H and O–H groups in total. The summed E-state index contributed by atoms with van der Waals surface area (Å²) in [6.07, 6.45) is 0. The van der Waals surface area contributed by atoms with E-state index in [1.54, 1.807) is 72.8 Å². The van der Waals surface area contributed by atoms with Gasteiger partial charge < -0.3 is 10.6 Å². The van der Waals surface area contributed by atoms with Crippen LogP contribution in [-0.4, -0.2) is 0 Å². The van der Waals surface area contributed by atoms with E-state index < -0.39 is 0 Å². The number of hydrogen-bond donors (Lipinski definition) is 2. The second-order valence-electron chi connectivity index (χ2n) is 6.64. The Labute approximate surface area is 183 Å². The van der Waals surface area contributed by atoms with Gasteiger partial charge in [-0.2, -0.15) is 0 Å². The molecule has 4 rings (SSSR count). The number of hydrogen-bond acceptors (Lipinski definition) is 4. The molecule has 0 aromatic heterocycles. The number of nitrogens with one attached hydrogen (secondary N) is 2. The summed E-state index contributed by atoms with van der Waals surface area (Å²) in [6, 6.07) is 28.5. The normalized spacial score (nSPS) is 9.81. The Kier molecular flexibility index (Phi) is 7.81. The third-order valence-electron chi connectivity index (χ3n) is 4.24. The zero-order valence-electron chi connectivity index (χ0n) is 17.0. The van der Waals surface area contributed by atoms with Crippen LogP contribution >= 0.6 is 0 Å². The predicted molar refractivity (Wildman–Crippen MR) is 125 cm³/mol. The first kappa shape index (κ1) is 22.4. The second kappa shape index (κ2) is 11.2. The number of halogens is 2. The van der Waals surface area contributed by atoms with Crippen molar-refractivity contribution >= 4 is 22.7 Å². The molecular formula is C26H20F2N2O2. The maximum absolute atomic E-state index is 12.7. The smallest absolute Gasteiger partial charge is 0.201 e. The van der Waals surface area contributed by atoms with Gasteiger partial charge >= 0.3 is 0 Å². The van der Waals surface area contributed by atoms with Gasteiger partial charge in [0.25, 0.3) is 0 Å². The average molecular weight is 430 g/mol. The van der Waals surface area contributed by atoms with Gasteiger partial charge in [0.2, 0.25) is 10.9 Å². The minimum atomic E-state index is -0.300. The number of benzene rings is 2. The van der Waals surface area contributed by atoms with Crippen LogP contribution in [0.5, 0.6) is 0 Å². The zero-order chi connectivity index (χ0) is 22.8. The largest absolute Gasteiger partial charge is 0.352 e. The van der Waals surface area contributed by atoms with E-state index in [1.807, 2.05) is 0 Å². The molecule has 4 aromatic carbocycles. The quantitative estimate of drug-likeness (QED) is 0.426. The first-order chi connectivity index (χ1) is 15.5. The molecule has 0 saturated carbocycles. The molecule has 0 amide bonds. The van der Waals surface area contributed by atoms with Crippen molar-refractivity contribution in [3.8, 4) is 0 Å². The lowest BCUT2D eigenvalue weighted by molar-refractivity contribution is 0.627. The van der Waals surface area contributed by atoms with E-state index in [9.17, 15) is 18.4 Å². The Bertz CT molecular complexity index is 1180. The molecule has 32 heavy (non-hydrogen) atoms. The van der Waals surface area contributed by atoms with E-state index in [0.717, 1.165) is 0 Å².